The van der Waals surface area contributed by atoms with Crippen molar-refractivity contribution in [2.45, 2.75) is 6.92 Å². The molecular weight excluding hydrogens is 246 g/mol. The fourth-order valence-corrected chi connectivity index (χ4v) is 2.45. The maximum absolute atomic E-state index is 5.86. The lowest BCUT2D eigenvalue weighted by Gasteiger charge is -2.09. The van der Waals surface area contributed by atoms with Crippen molar-refractivity contribution >= 4 is 27.2 Å². The lowest BCUT2D eigenvalue weighted by molar-refractivity contribution is 0.466. The van der Waals surface area contributed by atoms with Crippen molar-refractivity contribution in [1.82, 2.24) is 9.97 Å². The van der Waals surface area contributed by atoms with E-state index in [9.17, 15) is 0 Å². The molecule has 0 aliphatic heterocycles. The molecule has 2 aromatic heterocycles. The van der Waals surface area contributed by atoms with Gasteiger partial charge in [0.05, 0.1) is 5.52 Å². The highest BCUT2D eigenvalue weighted by Crippen LogP contribution is 2.33. The second-order valence-electron chi connectivity index (χ2n) is 3.89. The third kappa shape index (κ3) is 1.78. The Balaban J connectivity index is 2.06. The SMILES string of the molecule is Cc1c(N)cccc1Oc1ncnc2ccsc12. The first-order valence-corrected chi connectivity index (χ1v) is 6.35. The predicted molar refractivity (Wildman–Crippen MR) is 73.1 cm³/mol. The lowest BCUT2D eigenvalue weighted by Crippen LogP contribution is -1.95. The summed E-state index contributed by atoms with van der Waals surface area (Å²) in [5.74, 6) is 1.30. The second kappa shape index (κ2) is 4.27. The van der Waals surface area contributed by atoms with Gasteiger partial charge < -0.3 is 10.5 Å². The first-order chi connectivity index (χ1) is 8.75. The van der Waals surface area contributed by atoms with Gasteiger partial charge >= 0.3 is 0 Å². The molecule has 0 aliphatic rings. The van der Waals surface area contributed by atoms with E-state index in [1.54, 1.807) is 11.3 Å². The average molecular weight is 257 g/mol. The Bertz CT molecular complexity index is 708. The van der Waals surface area contributed by atoms with Gasteiger partial charge in [0.25, 0.3) is 0 Å². The van der Waals surface area contributed by atoms with Gasteiger partial charge in [-0.25, -0.2) is 9.97 Å². The fraction of sp³-hybridized carbons (Fsp3) is 0.0769. The van der Waals surface area contributed by atoms with Crippen molar-refractivity contribution in [3.8, 4) is 11.6 Å². The standard InChI is InChI=1S/C13H11N3OS/c1-8-9(14)3-2-4-11(8)17-13-12-10(5-6-18-12)15-7-16-13/h2-7H,14H2,1H3. The van der Waals surface area contributed by atoms with Crippen LogP contribution in [0.2, 0.25) is 0 Å². The summed E-state index contributed by atoms with van der Waals surface area (Å²) >= 11 is 1.56. The smallest absolute Gasteiger partial charge is 0.240 e. The van der Waals surface area contributed by atoms with Gasteiger partial charge in [0.1, 0.15) is 16.8 Å². The van der Waals surface area contributed by atoms with Gasteiger partial charge in [-0.2, -0.15) is 0 Å². The van der Waals surface area contributed by atoms with Crippen molar-refractivity contribution in [2.24, 2.45) is 0 Å². The third-order valence-corrected chi connectivity index (χ3v) is 3.63. The van der Waals surface area contributed by atoms with Crippen molar-refractivity contribution in [3.63, 3.8) is 0 Å². The number of rotatable bonds is 2. The molecule has 0 aliphatic carbocycles. The van der Waals surface area contributed by atoms with Gasteiger partial charge in [-0.3, -0.25) is 0 Å². The molecule has 0 radical (unpaired) electrons. The van der Waals surface area contributed by atoms with Crippen LogP contribution in [0.25, 0.3) is 10.2 Å². The van der Waals surface area contributed by atoms with Gasteiger partial charge in [0.2, 0.25) is 5.88 Å². The molecule has 1 aromatic carbocycles. The van der Waals surface area contributed by atoms with E-state index in [-0.39, 0.29) is 0 Å². The predicted octanol–water partition coefficient (Wildman–Crippen LogP) is 3.37. The molecule has 0 bridgehead atoms. The summed E-state index contributed by atoms with van der Waals surface area (Å²) in [7, 11) is 0. The summed E-state index contributed by atoms with van der Waals surface area (Å²) in [4.78, 5) is 8.36. The topological polar surface area (TPSA) is 61.0 Å². The van der Waals surface area contributed by atoms with Gasteiger partial charge in [-0.1, -0.05) is 6.07 Å². The molecule has 0 unspecified atom stereocenters. The number of thiophene rings is 1. The van der Waals surface area contributed by atoms with E-state index in [0.717, 1.165) is 21.5 Å². The summed E-state index contributed by atoms with van der Waals surface area (Å²) in [6.07, 6.45) is 1.51. The van der Waals surface area contributed by atoms with Crippen LogP contribution in [0.4, 0.5) is 5.69 Å². The average Bonchev–Trinajstić information content (AvgIpc) is 2.84. The minimum absolute atomic E-state index is 0.573. The number of hydrogen-bond acceptors (Lipinski definition) is 5. The largest absolute Gasteiger partial charge is 0.437 e. The van der Waals surface area contributed by atoms with Crippen LogP contribution in [-0.4, -0.2) is 9.97 Å². The Hall–Kier alpha value is -2.14. The number of anilines is 1. The molecule has 2 heterocycles. The molecule has 3 aromatic rings. The van der Waals surface area contributed by atoms with Crippen LogP contribution in [0, 0.1) is 6.92 Å². The molecular formula is C13H11N3OS. The number of nitrogen functional groups attached to an aromatic ring is 1. The van der Waals surface area contributed by atoms with Gasteiger partial charge in [0.15, 0.2) is 0 Å². The fourth-order valence-electron chi connectivity index (χ4n) is 1.69. The highest BCUT2D eigenvalue weighted by atomic mass is 32.1. The van der Waals surface area contributed by atoms with Gasteiger partial charge in [0, 0.05) is 11.3 Å². The summed E-state index contributed by atoms with van der Waals surface area (Å²) < 4.78 is 6.78. The highest BCUT2D eigenvalue weighted by Gasteiger charge is 2.09. The van der Waals surface area contributed by atoms with Crippen molar-refractivity contribution in [1.29, 1.82) is 0 Å². The molecule has 90 valence electrons. The van der Waals surface area contributed by atoms with Crippen LogP contribution < -0.4 is 10.5 Å². The van der Waals surface area contributed by atoms with Crippen LogP contribution in [0.3, 0.4) is 0 Å². The Labute approximate surface area is 108 Å². The first-order valence-electron chi connectivity index (χ1n) is 5.47. The zero-order valence-corrected chi connectivity index (χ0v) is 10.6. The minimum atomic E-state index is 0.573. The summed E-state index contributed by atoms with van der Waals surface area (Å²) in [6, 6.07) is 7.54. The third-order valence-electron chi connectivity index (χ3n) is 2.74. The van der Waals surface area contributed by atoms with Crippen molar-refractivity contribution in [3.05, 3.63) is 41.5 Å². The maximum atomic E-state index is 5.86. The molecule has 0 fully saturated rings. The van der Waals surface area contributed by atoms with Gasteiger partial charge in [-0.05, 0) is 30.5 Å². The number of ether oxygens (including phenoxy) is 1. The quantitative estimate of drug-likeness (QED) is 0.715. The van der Waals surface area contributed by atoms with E-state index in [2.05, 4.69) is 9.97 Å². The summed E-state index contributed by atoms with van der Waals surface area (Å²) in [6.45, 7) is 1.93. The van der Waals surface area contributed by atoms with E-state index >= 15 is 0 Å². The van der Waals surface area contributed by atoms with Crippen LogP contribution in [0.1, 0.15) is 5.56 Å². The number of hydrogen-bond donors (Lipinski definition) is 1. The summed E-state index contributed by atoms with van der Waals surface area (Å²) in [5.41, 5.74) is 8.38. The normalized spacial score (nSPS) is 10.7. The van der Waals surface area contributed by atoms with Crippen LogP contribution in [0.5, 0.6) is 11.6 Å². The molecule has 5 heteroatoms. The van der Waals surface area contributed by atoms with Crippen LogP contribution in [-0.2, 0) is 0 Å². The monoisotopic (exact) mass is 257 g/mol. The van der Waals surface area contributed by atoms with Crippen LogP contribution >= 0.6 is 11.3 Å². The molecule has 0 amide bonds. The summed E-state index contributed by atoms with van der Waals surface area (Å²) in [5, 5.41) is 1.97. The molecule has 0 saturated heterocycles. The molecule has 0 atom stereocenters. The van der Waals surface area contributed by atoms with E-state index in [4.69, 9.17) is 10.5 Å². The van der Waals surface area contributed by atoms with Crippen molar-refractivity contribution < 1.29 is 4.74 Å². The number of aromatic nitrogens is 2. The first kappa shape index (κ1) is 11.0. The molecule has 2 N–H and O–H groups in total. The van der Waals surface area contributed by atoms with E-state index in [0.29, 0.717) is 11.6 Å². The Morgan fingerprint density at radius 2 is 2.11 bits per heavy atom. The van der Waals surface area contributed by atoms with E-state index < -0.39 is 0 Å². The maximum Gasteiger partial charge on any atom is 0.240 e. The number of nitrogens with zero attached hydrogens (tertiary/aromatic N) is 2. The minimum Gasteiger partial charge on any atom is -0.437 e. The Morgan fingerprint density at radius 1 is 1.22 bits per heavy atom. The van der Waals surface area contributed by atoms with Gasteiger partial charge in [-0.15, -0.1) is 11.3 Å². The molecule has 18 heavy (non-hydrogen) atoms. The molecule has 3 rings (SSSR count). The number of nitrogens with two attached hydrogens (primary N) is 1. The van der Waals surface area contributed by atoms with Crippen LogP contribution in [0.15, 0.2) is 36.0 Å². The zero-order chi connectivity index (χ0) is 12.5. The molecule has 4 nitrogen and oxygen atoms in total. The Kier molecular flexibility index (Phi) is 2.60. The van der Waals surface area contributed by atoms with Crippen molar-refractivity contribution in [2.75, 3.05) is 5.73 Å². The molecule has 0 saturated carbocycles. The number of benzene rings is 1. The van der Waals surface area contributed by atoms with E-state index in [1.807, 2.05) is 36.6 Å². The molecule has 0 spiro atoms. The zero-order valence-electron chi connectivity index (χ0n) is 9.75. The Morgan fingerprint density at radius 3 is 3.00 bits per heavy atom. The second-order valence-corrected chi connectivity index (χ2v) is 4.80. The lowest BCUT2D eigenvalue weighted by atomic mass is 10.2. The highest BCUT2D eigenvalue weighted by molar-refractivity contribution is 7.17. The van der Waals surface area contributed by atoms with E-state index in [1.165, 1.54) is 6.33 Å². The number of fused-ring (bicyclic) bond motifs is 1.